The number of carbonyl (C=O) groups is 1. The van der Waals surface area contributed by atoms with Crippen molar-refractivity contribution in [2.75, 3.05) is 18.2 Å². The molecule has 9 heteroatoms. The van der Waals surface area contributed by atoms with Gasteiger partial charge in [0.1, 0.15) is 0 Å². The van der Waals surface area contributed by atoms with Gasteiger partial charge in [0.25, 0.3) is 0 Å². The number of anilines is 1. The molecular weight excluding hydrogens is 394 g/mol. The average Bonchev–Trinajstić information content (AvgIpc) is 3.24. The van der Waals surface area contributed by atoms with E-state index in [2.05, 4.69) is 5.32 Å². The number of nitrogens with one attached hydrogen (secondary N) is 1. The molecule has 0 fully saturated rings. The van der Waals surface area contributed by atoms with Gasteiger partial charge in [-0.3, -0.25) is 4.79 Å². The number of nitrogens with two attached hydrogens (primary N) is 1. The second-order valence-electron chi connectivity index (χ2n) is 7.42. The minimum absolute atomic E-state index is 0.0762. The first-order valence-electron chi connectivity index (χ1n) is 9.33. The number of rotatable bonds is 5. The van der Waals surface area contributed by atoms with Crippen LogP contribution in [0.4, 0.5) is 5.69 Å². The van der Waals surface area contributed by atoms with Crippen LogP contribution in [-0.2, 0) is 21.2 Å². The summed E-state index contributed by atoms with van der Waals surface area (Å²) in [4.78, 5) is 14.7. The van der Waals surface area contributed by atoms with E-state index in [1.807, 2.05) is 36.9 Å². The number of hydrogen-bond donors (Lipinski definition) is 2. The third kappa shape index (κ3) is 3.88. The summed E-state index contributed by atoms with van der Waals surface area (Å²) in [6, 6.07) is 10.3. The number of fused-ring (bicyclic) bond motifs is 2. The molecule has 3 N–H and O–H groups in total. The summed E-state index contributed by atoms with van der Waals surface area (Å²) in [5, 5.41) is 8.23. The number of sulfonamides is 1. The fourth-order valence-electron chi connectivity index (χ4n) is 3.80. The molecule has 2 aliphatic rings. The maximum absolute atomic E-state index is 12.7. The van der Waals surface area contributed by atoms with Crippen LogP contribution in [0, 0.1) is 0 Å². The average molecular weight is 417 g/mol. The molecule has 2 unspecified atom stereocenters. The van der Waals surface area contributed by atoms with Crippen molar-refractivity contribution in [2.45, 2.75) is 37.2 Å². The van der Waals surface area contributed by atoms with Crippen LogP contribution < -0.4 is 24.8 Å². The Kier molecular flexibility index (Phi) is 4.87. The van der Waals surface area contributed by atoms with Gasteiger partial charge in [0, 0.05) is 11.7 Å². The lowest BCUT2D eigenvalue weighted by Gasteiger charge is -2.25. The van der Waals surface area contributed by atoms with Crippen LogP contribution >= 0.6 is 0 Å². The predicted molar refractivity (Wildman–Crippen MR) is 107 cm³/mol. The smallest absolute Gasteiger partial charge is 0.240 e. The summed E-state index contributed by atoms with van der Waals surface area (Å²) >= 11 is 0. The molecule has 0 spiro atoms. The molecule has 2 heterocycles. The third-order valence-electron chi connectivity index (χ3n) is 5.32. The monoisotopic (exact) mass is 417 g/mol. The molecule has 0 saturated heterocycles. The molecule has 2 atom stereocenters. The van der Waals surface area contributed by atoms with Crippen LogP contribution in [0.1, 0.15) is 31.0 Å². The molecule has 2 aliphatic heterocycles. The Morgan fingerprint density at radius 3 is 2.76 bits per heavy atom. The Morgan fingerprint density at radius 1 is 1.24 bits per heavy atom. The Balaban J connectivity index is 1.45. The summed E-state index contributed by atoms with van der Waals surface area (Å²) in [5.74, 6) is 1.26. The Bertz CT molecular complexity index is 1070. The maximum Gasteiger partial charge on any atom is 0.240 e. The lowest BCUT2D eigenvalue weighted by atomic mass is 10.1. The van der Waals surface area contributed by atoms with Gasteiger partial charge in [0.05, 0.1) is 17.5 Å². The predicted octanol–water partition coefficient (Wildman–Crippen LogP) is 1.69. The maximum atomic E-state index is 12.7. The van der Waals surface area contributed by atoms with E-state index in [4.69, 9.17) is 14.6 Å². The number of carbonyl (C=O) groups excluding carboxylic acids is 1. The molecule has 4 rings (SSSR count). The summed E-state index contributed by atoms with van der Waals surface area (Å²) in [6.45, 7) is 4.30. The molecule has 0 aromatic heterocycles. The summed E-state index contributed by atoms with van der Waals surface area (Å²) in [5.41, 5.74) is 2.66. The zero-order chi connectivity index (χ0) is 20.8. The van der Waals surface area contributed by atoms with Crippen molar-refractivity contribution in [2.24, 2.45) is 5.14 Å². The third-order valence-corrected chi connectivity index (χ3v) is 6.24. The minimum Gasteiger partial charge on any atom is -0.454 e. The Labute approximate surface area is 169 Å². The van der Waals surface area contributed by atoms with Crippen molar-refractivity contribution < 1.29 is 22.7 Å². The largest absolute Gasteiger partial charge is 0.454 e. The second-order valence-corrected chi connectivity index (χ2v) is 8.98. The van der Waals surface area contributed by atoms with Crippen molar-refractivity contribution in [3.05, 3.63) is 47.5 Å². The topological polar surface area (TPSA) is 111 Å². The van der Waals surface area contributed by atoms with Crippen molar-refractivity contribution >= 4 is 21.6 Å². The van der Waals surface area contributed by atoms with Crippen molar-refractivity contribution in [3.8, 4) is 11.5 Å². The number of hydrogen-bond acceptors (Lipinski definition) is 6. The zero-order valence-corrected chi connectivity index (χ0v) is 17.0. The minimum atomic E-state index is -3.75. The van der Waals surface area contributed by atoms with Gasteiger partial charge in [-0.15, -0.1) is 0 Å². The van der Waals surface area contributed by atoms with Gasteiger partial charge in [-0.25, -0.2) is 13.6 Å². The van der Waals surface area contributed by atoms with E-state index >= 15 is 0 Å². The second kappa shape index (κ2) is 7.23. The highest BCUT2D eigenvalue weighted by Crippen LogP contribution is 2.35. The number of benzene rings is 2. The van der Waals surface area contributed by atoms with Gasteiger partial charge in [0.15, 0.2) is 11.5 Å². The number of primary sulfonamides is 1. The summed E-state index contributed by atoms with van der Waals surface area (Å²) in [6.07, 6.45) is 0.656. The van der Waals surface area contributed by atoms with Gasteiger partial charge in [-0.1, -0.05) is 6.07 Å². The first kappa shape index (κ1) is 19.5. The molecule has 1 amide bonds. The fraction of sp³-hybridized carbons (Fsp3) is 0.350. The molecule has 0 aliphatic carbocycles. The highest BCUT2D eigenvalue weighted by Gasteiger charge is 2.29. The highest BCUT2D eigenvalue weighted by molar-refractivity contribution is 7.89. The number of ether oxygens (including phenoxy) is 2. The van der Waals surface area contributed by atoms with E-state index in [-0.39, 0.29) is 36.2 Å². The molecule has 0 radical (unpaired) electrons. The van der Waals surface area contributed by atoms with Crippen molar-refractivity contribution in [1.29, 1.82) is 0 Å². The van der Waals surface area contributed by atoms with Crippen LogP contribution in [0.25, 0.3) is 0 Å². The molecule has 29 heavy (non-hydrogen) atoms. The van der Waals surface area contributed by atoms with Gasteiger partial charge >= 0.3 is 0 Å². The van der Waals surface area contributed by atoms with E-state index in [1.54, 1.807) is 12.1 Å². The van der Waals surface area contributed by atoms with Crippen LogP contribution in [0.3, 0.4) is 0 Å². The number of amides is 1. The van der Waals surface area contributed by atoms with Crippen LogP contribution in [-0.4, -0.2) is 33.7 Å². The molecule has 0 saturated carbocycles. The SMILES string of the molecule is CC(NC(=O)CN1c2ccc(S(N)(=O)=O)cc2CC1C)c1ccc2c(c1)OCO2. The van der Waals surface area contributed by atoms with E-state index in [0.29, 0.717) is 17.9 Å². The van der Waals surface area contributed by atoms with E-state index in [9.17, 15) is 13.2 Å². The number of nitrogens with zero attached hydrogens (tertiary/aromatic N) is 1. The Hall–Kier alpha value is -2.78. The molecule has 2 aromatic rings. The highest BCUT2D eigenvalue weighted by atomic mass is 32.2. The fourth-order valence-corrected chi connectivity index (χ4v) is 4.36. The van der Waals surface area contributed by atoms with Crippen LogP contribution in [0.5, 0.6) is 11.5 Å². The van der Waals surface area contributed by atoms with Gasteiger partial charge in [0.2, 0.25) is 22.7 Å². The van der Waals surface area contributed by atoms with Gasteiger partial charge in [-0.05, 0) is 61.7 Å². The molecular formula is C20H23N3O5S. The molecule has 154 valence electrons. The van der Waals surface area contributed by atoms with Crippen molar-refractivity contribution in [3.63, 3.8) is 0 Å². The summed E-state index contributed by atoms with van der Waals surface area (Å²) < 4.78 is 33.9. The quantitative estimate of drug-likeness (QED) is 0.766. The summed E-state index contributed by atoms with van der Waals surface area (Å²) in [7, 11) is -3.75. The first-order chi connectivity index (χ1) is 13.7. The standard InChI is InChI=1S/C20H23N3O5S/c1-12-7-15-8-16(29(21,25)26)4-5-17(15)23(12)10-20(24)22-13(2)14-3-6-18-19(9-14)28-11-27-18/h3-6,8-9,12-13H,7,10-11H2,1-2H3,(H,22,24)(H2,21,25,26). The molecule has 8 nitrogen and oxygen atoms in total. The lowest BCUT2D eigenvalue weighted by molar-refractivity contribution is -0.120. The van der Waals surface area contributed by atoms with E-state index in [0.717, 1.165) is 16.8 Å². The zero-order valence-electron chi connectivity index (χ0n) is 16.2. The van der Waals surface area contributed by atoms with Crippen LogP contribution in [0.2, 0.25) is 0 Å². The lowest BCUT2D eigenvalue weighted by Crippen LogP contribution is -2.40. The van der Waals surface area contributed by atoms with E-state index < -0.39 is 10.0 Å². The van der Waals surface area contributed by atoms with Crippen LogP contribution in [0.15, 0.2) is 41.3 Å². The van der Waals surface area contributed by atoms with Gasteiger partial charge in [-0.2, -0.15) is 0 Å². The van der Waals surface area contributed by atoms with Gasteiger partial charge < -0.3 is 19.7 Å². The van der Waals surface area contributed by atoms with E-state index in [1.165, 1.54) is 6.07 Å². The normalized spacial score (nSPS) is 18.4. The first-order valence-corrected chi connectivity index (χ1v) is 10.9. The van der Waals surface area contributed by atoms with Crippen molar-refractivity contribution in [1.82, 2.24) is 5.32 Å². The molecule has 2 aromatic carbocycles. The Morgan fingerprint density at radius 2 is 2.00 bits per heavy atom. The molecule has 0 bridgehead atoms.